The Morgan fingerprint density at radius 1 is 1.42 bits per heavy atom. The Morgan fingerprint density at radius 3 is 2.50 bits per heavy atom. The molecule has 0 N–H and O–H groups in total. The molecule has 66 valence electrons. The van der Waals surface area contributed by atoms with E-state index in [4.69, 9.17) is 11.6 Å². The monoisotopic (exact) mass is 302 g/mol. The topological polar surface area (TPSA) is 0 Å². The van der Waals surface area contributed by atoms with Gasteiger partial charge in [-0.2, -0.15) is 0 Å². The second kappa shape index (κ2) is 3.87. The number of halogens is 4. The zero-order chi connectivity index (χ0) is 9.30. The van der Waals surface area contributed by atoms with E-state index in [1.165, 1.54) is 6.07 Å². The highest BCUT2D eigenvalue weighted by molar-refractivity contribution is 14.1. The molecule has 0 heterocycles. The molecule has 0 nitrogen and oxygen atoms in total. The van der Waals surface area contributed by atoms with Crippen molar-refractivity contribution in [3.8, 4) is 0 Å². The fraction of sp³-hybridized carbons (Fsp3) is 0.250. The van der Waals surface area contributed by atoms with Crippen LogP contribution in [0, 0.1) is 10.5 Å². The van der Waals surface area contributed by atoms with E-state index in [0.29, 0.717) is 8.59 Å². The maximum Gasteiger partial charge on any atom is 0.264 e. The van der Waals surface area contributed by atoms with E-state index in [2.05, 4.69) is 0 Å². The van der Waals surface area contributed by atoms with Crippen LogP contribution in [0.2, 0.25) is 5.02 Å². The van der Waals surface area contributed by atoms with Gasteiger partial charge in [0.15, 0.2) is 0 Å². The zero-order valence-electron chi connectivity index (χ0n) is 6.24. The molecule has 1 aromatic rings. The molecular formula is C8H6ClF2I. The fourth-order valence-electron chi connectivity index (χ4n) is 0.910. The van der Waals surface area contributed by atoms with Crippen molar-refractivity contribution in [1.82, 2.24) is 0 Å². The molecule has 1 aromatic carbocycles. The maximum atomic E-state index is 12.3. The normalized spacial score (nSPS) is 10.8. The summed E-state index contributed by atoms with van der Waals surface area (Å²) in [5.74, 6) is 0. The molecule has 0 aliphatic heterocycles. The second-order valence-electron chi connectivity index (χ2n) is 2.45. The van der Waals surface area contributed by atoms with Crippen LogP contribution in [-0.4, -0.2) is 0 Å². The maximum absolute atomic E-state index is 12.3. The SMILES string of the molecule is Cc1cc(Cl)c(I)c(C(F)F)c1. The van der Waals surface area contributed by atoms with Gasteiger partial charge in [0.25, 0.3) is 6.43 Å². The number of aryl methyl sites for hydroxylation is 1. The van der Waals surface area contributed by atoms with Crippen LogP contribution in [0.3, 0.4) is 0 Å². The first kappa shape index (κ1) is 10.2. The second-order valence-corrected chi connectivity index (χ2v) is 3.94. The van der Waals surface area contributed by atoms with Gasteiger partial charge in [0.05, 0.1) is 5.02 Å². The molecule has 0 fully saturated rings. The lowest BCUT2D eigenvalue weighted by Gasteiger charge is -2.06. The predicted octanol–water partition coefficient (Wildman–Crippen LogP) is 4.19. The van der Waals surface area contributed by atoms with Crippen molar-refractivity contribution in [2.24, 2.45) is 0 Å². The van der Waals surface area contributed by atoms with Crippen molar-refractivity contribution >= 4 is 34.2 Å². The first-order valence-corrected chi connectivity index (χ1v) is 4.71. The molecule has 0 radical (unpaired) electrons. The van der Waals surface area contributed by atoms with Crippen molar-refractivity contribution in [1.29, 1.82) is 0 Å². The van der Waals surface area contributed by atoms with E-state index in [-0.39, 0.29) is 5.56 Å². The van der Waals surface area contributed by atoms with Crippen LogP contribution in [0.1, 0.15) is 17.6 Å². The Balaban J connectivity index is 3.28. The Morgan fingerprint density at radius 2 is 2.00 bits per heavy atom. The molecule has 0 amide bonds. The highest BCUT2D eigenvalue weighted by Crippen LogP contribution is 2.30. The highest BCUT2D eigenvalue weighted by atomic mass is 127. The smallest absolute Gasteiger partial charge is 0.205 e. The molecule has 12 heavy (non-hydrogen) atoms. The third-order valence-corrected chi connectivity index (χ3v) is 3.26. The predicted molar refractivity (Wildman–Crippen MR) is 53.9 cm³/mol. The fourth-order valence-corrected chi connectivity index (χ4v) is 1.74. The first-order chi connectivity index (χ1) is 5.52. The van der Waals surface area contributed by atoms with Crippen LogP contribution in [0.5, 0.6) is 0 Å². The molecule has 1 rings (SSSR count). The summed E-state index contributed by atoms with van der Waals surface area (Å²) in [4.78, 5) is 0. The van der Waals surface area contributed by atoms with Crippen LogP contribution in [-0.2, 0) is 0 Å². The molecular weight excluding hydrogens is 296 g/mol. The quantitative estimate of drug-likeness (QED) is 0.682. The zero-order valence-corrected chi connectivity index (χ0v) is 9.16. The summed E-state index contributed by atoms with van der Waals surface area (Å²) in [7, 11) is 0. The number of rotatable bonds is 1. The first-order valence-electron chi connectivity index (χ1n) is 3.26. The van der Waals surface area contributed by atoms with Gasteiger partial charge >= 0.3 is 0 Å². The standard InChI is InChI=1S/C8H6ClF2I/c1-4-2-5(8(10)11)7(12)6(9)3-4/h2-3,8H,1H3. The Labute approximate surface area is 88.1 Å². The van der Waals surface area contributed by atoms with Crippen molar-refractivity contribution in [3.63, 3.8) is 0 Å². The average molecular weight is 302 g/mol. The van der Waals surface area contributed by atoms with Crippen LogP contribution < -0.4 is 0 Å². The summed E-state index contributed by atoms with van der Waals surface area (Å²) < 4.78 is 25.1. The van der Waals surface area contributed by atoms with E-state index >= 15 is 0 Å². The molecule has 0 atom stereocenters. The third-order valence-electron chi connectivity index (χ3n) is 1.44. The third kappa shape index (κ3) is 2.07. The molecule has 0 bridgehead atoms. The largest absolute Gasteiger partial charge is 0.264 e. The molecule has 0 aliphatic carbocycles. The highest BCUT2D eigenvalue weighted by Gasteiger charge is 2.13. The number of hydrogen-bond donors (Lipinski definition) is 0. The van der Waals surface area contributed by atoms with Crippen molar-refractivity contribution < 1.29 is 8.78 Å². The molecule has 0 unspecified atom stereocenters. The minimum absolute atomic E-state index is 0.0144. The summed E-state index contributed by atoms with van der Waals surface area (Å²) in [5.41, 5.74) is 0.774. The summed E-state index contributed by atoms with van der Waals surface area (Å²) in [6.07, 6.45) is -2.45. The van der Waals surface area contributed by atoms with Gasteiger partial charge in [-0.15, -0.1) is 0 Å². The van der Waals surface area contributed by atoms with E-state index in [1.54, 1.807) is 13.0 Å². The summed E-state index contributed by atoms with van der Waals surface area (Å²) >= 11 is 7.55. The van der Waals surface area contributed by atoms with Crippen LogP contribution in [0.15, 0.2) is 12.1 Å². The Hall–Kier alpha value is 0.1000. The summed E-state index contributed by atoms with van der Waals surface area (Å²) in [6.45, 7) is 1.74. The van der Waals surface area contributed by atoms with Gasteiger partial charge in [0.2, 0.25) is 0 Å². The molecule has 0 saturated heterocycles. The van der Waals surface area contributed by atoms with Gasteiger partial charge in [0.1, 0.15) is 0 Å². The van der Waals surface area contributed by atoms with Gasteiger partial charge < -0.3 is 0 Å². The van der Waals surface area contributed by atoms with Gasteiger partial charge in [-0.05, 0) is 47.2 Å². The van der Waals surface area contributed by atoms with Crippen molar-refractivity contribution in [2.75, 3.05) is 0 Å². The van der Waals surface area contributed by atoms with Crippen LogP contribution in [0.4, 0.5) is 8.78 Å². The van der Waals surface area contributed by atoms with Gasteiger partial charge in [-0.25, -0.2) is 8.78 Å². The summed E-state index contributed by atoms with van der Waals surface area (Å²) in [6, 6.07) is 3.13. The van der Waals surface area contributed by atoms with Crippen molar-refractivity contribution in [3.05, 3.63) is 31.9 Å². The minimum Gasteiger partial charge on any atom is -0.205 e. The van der Waals surface area contributed by atoms with Gasteiger partial charge in [-0.3, -0.25) is 0 Å². The van der Waals surface area contributed by atoms with E-state index in [9.17, 15) is 8.78 Å². The molecule has 0 spiro atoms. The Bertz CT molecular complexity index is 299. The van der Waals surface area contributed by atoms with Crippen molar-refractivity contribution in [2.45, 2.75) is 13.3 Å². The van der Waals surface area contributed by atoms with E-state index in [0.717, 1.165) is 5.56 Å². The molecule has 4 heteroatoms. The lowest BCUT2D eigenvalue weighted by Crippen LogP contribution is -1.91. The van der Waals surface area contributed by atoms with Gasteiger partial charge in [0, 0.05) is 9.13 Å². The number of benzene rings is 1. The average Bonchev–Trinajstić information content (AvgIpc) is 1.96. The molecule has 0 aromatic heterocycles. The Kier molecular flexibility index (Phi) is 3.29. The van der Waals surface area contributed by atoms with E-state index < -0.39 is 6.43 Å². The lowest BCUT2D eigenvalue weighted by molar-refractivity contribution is 0.150. The number of hydrogen-bond acceptors (Lipinski definition) is 0. The van der Waals surface area contributed by atoms with Gasteiger partial charge in [-0.1, -0.05) is 11.6 Å². The minimum atomic E-state index is -2.45. The molecule has 0 saturated carbocycles. The van der Waals surface area contributed by atoms with Crippen LogP contribution >= 0.6 is 34.2 Å². The van der Waals surface area contributed by atoms with Crippen LogP contribution in [0.25, 0.3) is 0 Å². The summed E-state index contributed by atoms with van der Waals surface area (Å²) in [5, 5.41) is 0.394. The lowest BCUT2D eigenvalue weighted by atomic mass is 10.1. The van der Waals surface area contributed by atoms with E-state index in [1.807, 2.05) is 22.6 Å². The molecule has 0 aliphatic rings. The number of alkyl halides is 2.